The maximum Gasteiger partial charge on any atom is 0.338 e. The maximum absolute atomic E-state index is 11.7. The Morgan fingerprint density at radius 2 is 2.12 bits per heavy atom. The van der Waals surface area contributed by atoms with E-state index in [2.05, 4.69) is 5.10 Å². The molecule has 0 radical (unpaired) electrons. The summed E-state index contributed by atoms with van der Waals surface area (Å²) in [5.41, 5.74) is 0.153. The first kappa shape index (κ1) is 13.0. The van der Waals surface area contributed by atoms with Gasteiger partial charge in [-0.25, -0.2) is 4.79 Å². The quantitative estimate of drug-likeness (QED) is 0.354. The molecule has 1 aromatic carbocycles. The summed E-state index contributed by atoms with van der Waals surface area (Å²) >= 11 is 0. The average Bonchev–Trinajstić information content (AvgIpc) is 2.19. The number of carbonyl (C=O) groups excluding carboxylic acids is 1. The van der Waals surface area contributed by atoms with Crippen LogP contribution in [0.25, 0.3) is 0 Å². The van der Waals surface area contributed by atoms with Gasteiger partial charge >= 0.3 is 5.97 Å². The molecule has 0 amide bonds. The van der Waals surface area contributed by atoms with Crippen molar-refractivity contribution in [3.63, 3.8) is 0 Å². The van der Waals surface area contributed by atoms with Crippen LogP contribution in [0.1, 0.15) is 36.7 Å². The molecule has 5 heteroatoms. The smallest absolute Gasteiger partial charge is 0.338 e. The molecule has 17 heavy (non-hydrogen) atoms. The molecule has 0 saturated carbocycles. The number of nitrogens with two attached hydrogens (primary N) is 1. The molecule has 0 bridgehead atoms. The first-order chi connectivity index (χ1) is 7.83. The molecule has 0 heterocycles. The number of rotatable bonds is 2. The van der Waals surface area contributed by atoms with E-state index in [9.17, 15) is 9.90 Å². The molecule has 0 spiro atoms. The lowest BCUT2D eigenvalue weighted by atomic mass is 10.1. The molecule has 0 aromatic heterocycles. The molecular formula is C12H16N2O3. The molecule has 0 fully saturated rings. The summed E-state index contributed by atoms with van der Waals surface area (Å²) in [6.45, 7) is 5.36. The van der Waals surface area contributed by atoms with E-state index in [1.165, 1.54) is 24.4 Å². The molecule has 1 aromatic rings. The number of hydrogen-bond donors (Lipinski definition) is 2. The Hall–Kier alpha value is -2.04. The van der Waals surface area contributed by atoms with Crippen LogP contribution in [0.15, 0.2) is 23.3 Å². The van der Waals surface area contributed by atoms with Crippen molar-refractivity contribution >= 4 is 12.2 Å². The highest BCUT2D eigenvalue weighted by atomic mass is 16.6. The topological polar surface area (TPSA) is 84.9 Å². The number of esters is 1. The van der Waals surface area contributed by atoms with Crippen LogP contribution < -0.4 is 5.84 Å². The molecule has 0 aliphatic heterocycles. The third kappa shape index (κ3) is 3.79. The highest BCUT2D eigenvalue weighted by Gasteiger charge is 2.18. The van der Waals surface area contributed by atoms with Gasteiger partial charge in [0.15, 0.2) is 0 Å². The minimum absolute atomic E-state index is 0.00603. The third-order valence-electron chi connectivity index (χ3n) is 1.88. The molecule has 0 saturated heterocycles. The first-order valence-electron chi connectivity index (χ1n) is 5.13. The van der Waals surface area contributed by atoms with Gasteiger partial charge in [-0.15, -0.1) is 0 Å². The lowest BCUT2D eigenvalue weighted by molar-refractivity contribution is 0.00695. The first-order valence-corrected chi connectivity index (χ1v) is 5.13. The Kier molecular flexibility index (Phi) is 3.73. The minimum Gasteiger partial charge on any atom is -0.507 e. The fourth-order valence-corrected chi connectivity index (χ4v) is 1.20. The summed E-state index contributed by atoms with van der Waals surface area (Å²) in [5, 5.41) is 12.8. The molecule has 0 aliphatic carbocycles. The Morgan fingerprint density at radius 1 is 1.47 bits per heavy atom. The van der Waals surface area contributed by atoms with Gasteiger partial charge in [0.1, 0.15) is 11.4 Å². The second-order valence-electron chi connectivity index (χ2n) is 4.55. The summed E-state index contributed by atoms with van der Waals surface area (Å²) in [7, 11) is 0. The Labute approximate surface area is 99.9 Å². The number of carbonyl (C=O) groups is 1. The van der Waals surface area contributed by atoms with Crippen molar-refractivity contribution in [3.05, 3.63) is 29.3 Å². The van der Waals surface area contributed by atoms with Crippen LogP contribution in [0.2, 0.25) is 0 Å². The number of benzene rings is 1. The van der Waals surface area contributed by atoms with Crippen LogP contribution in [0.4, 0.5) is 0 Å². The normalized spacial score (nSPS) is 11.7. The average molecular weight is 236 g/mol. The van der Waals surface area contributed by atoms with Gasteiger partial charge in [-0.2, -0.15) is 5.10 Å². The lowest BCUT2D eigenvalue weighted by Gasteiger charge is -2.19. The van der Waals surface area contributed by atoms with E-state index in [0.717, 1.165) is 0 Å². The van der Waals surface area contributed by atoms with Crippen molar-refractivity contribution in [2.75, 3.05) is 0 Å². The fraction of sp³-hybridized carbons (Fsp3) is 0.333. The van der Waals surface area contributed by atoms with Crippen molar-refractivity contribution in [1.29, 1.82) is 0 Å². The maximum atomic E-state index is 11.7. The predicted molar refractivity (Wildman–Crippen MR) is 65.1 cm³/mol. The van der Waals surface area contributed by atoms with Crippen LogP contribution in [0.3, 0.4) is 0 Å². The van der Waals surface area contributed by atoms with E-state index >= 15 is 0 Å². The molecule has 1 rings (SSSR count). The highest BCUT2D eigenvalue weighted by molar-refractivity contribution is 5.93. The Morgan fingerprint density at radius 3 is 2.65 bits per heavy atom. The highest BCUT2D eigenvalue weighted by Crippen LogP contribution is 2.19. The zero-order valence-corrected chi connectivity index (χ0v) is 10.1. The third-order valence-corrected chi connectivity index (χ3v) is 1.88. The van der Waals surface area contributed by atoms with E-state index in [1.807, 2.05) is 0 Å². The summed E-state index contributed by atoms with van der Waals surface area (Å²) < 4.78 is 5.20. The molecule has 0 atom stereocenters. The number of hydrazone groups is 1. The molecule has 0 aliphatic rings. The van der Waals surface area contributed by atoms with Crippen molar-refractivity contribution in [2.45, 2.75) is 26.4 Å². The van der Waals surface area contributed by atoms with Crippen LogP contribution in [0.5, 0.6) is 5.75 Å². The minimum atomic E-state index is -0.558. The lowest BCUT2D eigenvalue weighted by Crippen LogP contribution is -2.23. The zero-order chi connectivity index (χ0) is 13.1. The number of nitrogens with zero attached hydrogens (tertiary/aromatic N) is 1. The number of phenolic OH excluding ortho intramolecular Hbond substituents is 1. The predicted octanol–water partition coefficient (Wildman–Crippen LogP) is 1.64. The number of aromatic hydroxyl groups is 1. The van der Waals surface area contributed by atoms with Crippen molar-refractivity contribution < 1.29 is 14.6 Å². The van der Waals surface area contributed by atoms with Crippen molar-refractivity contribution in [3.8, 4) is 5.75 Å². The van der Waals surface area contributed by atoms with Gasteiger partial charge in [-0.1, -0.05) is 0 Å². The van der Waals surface area contributed by atoms with E-state index in [1.54, 1.807) is 20.8 Å². The van der Waals surface area contributed by atoms with Gasteiger partial charge in [-0.05, 0) is 39.0 Å². The van der Waals surface area contributed by atoms with Gasteiger partial charge in [0.2, 0.25) is 0 Å². The van der Waals surface area contributed by atoms with E-state index in [-0.39, 0.29) is 5.75 Å². The van der Waals surface area contributed by atoms with Gasteiger partial charge in [0, 0.05) is 5.56 Å². The fourth-order valence-electron chi connectivity index (χ4n) is 1.20. The molecule has 92 valence electrons. The number of hydrogen-bond acceptors (Lipinski definition) is 5. The van der Waals surface area contributed by atoms with E-state index in [4.69, 9.17) is 10.6 Å². The standard InChI is InChI=1S/C12H16N2O3/c1-12(2,3)17-11(16)8-4-5-10(15)9(6-8)7-14-13/h4-7,15H,13H2,1-3H3. The summed E-state index contributed by atoms with van der Waals surface area (Å²) in [4.78, 5) is 11.7. The van der Waals surface area contributed by atoms with Gasteiger partial charge in [0.05, 0.1) is 11.8 Å². The molecule has 3 N–H and O–H groups in total. The van der Waals surface area contributed by atoms with Crippen LogP contribution in [0, 0.1) is 0 Å². The molecule has 5 nitrogen and oxygen atoms in total. The Bertz CT molecular complexity index is 448. The van der Waals surface area contributed by atoms with Crippen molar-refractivity contribution in [1.82, 2.24) is 0 Å². The van der Waals surface area contributed by atoms with Crippen LogP contribution in [-0.2, 0) is 4.74 Å². The second-order valence-corrected chi connectivity index (χ2v) is 4.55. The molecule has 0 unspecified atom stereocenters. The van der Waals surface area contributed by atoms with Crippen molar-refractivity contribution in [2.24, 2.45) is 10.9 Å². The molecular weight excluding hydrogens is 220 g/mol. The number of ether oxygens (including phenoxy) is 1. The Balaban J connectivity index is 3.00. The van der Waals surface area contributed by atoms with Gasteiger partial charge in [0.25, 0.3) is 0 Å². The van der Waals surface area contributed by atoms with Crippen LogP contribution in [-0.4, -0.2) is 22.9 Å². The van der Waals surface area contributed by atoms with Gasteiger partial charge in [-0.3, -0.25) is 0 Å². The summed E-state index contributed by atoms with van der Waals surface area (Å²) in [5.74, 6) is 4.55. The second kappa shape index (κ2) is 4.86. The van der Waals surface area contributed by atoms with E-state index in [0.29, 0.717) is 11.1 Å². The SMILES string of the molecule is CC(C)(C)OC(=O)c1ccc(O)c(C=NN)c1. The van der Waals surface area contributed by atoms with Gasteiger partial charge < -0.3 is 15.7 Å². The number of phenols is 1. The van der Waals surface area contributed by atoms with E-state index < -0.39 is 11.6 Å². The summed E-state index contributed by atoms with van der Waals surface area (Å²) in [6, 6.07) is 4.35. The summed E-state index contributed by atoms with van der Waals surface area (Å²) in [6.07, 6.45) is 1.27. The monoisotopic (exact) mass is 236 g/mol. The van der Waals surface area contributed by atoms with Crippen LogP contribution >= 0.6 is 0 Å². The largest absolute Gasteiger partial charge is 0.507 e. The zero-order valence-electron chi connectivity index (χ0n) is 10.1.